The second kappa shape index (κ2) is 20.6. The van der Waals surface area contributed by atoms with Gasteiger partial charge in [-0.2, -0.15) is 18.6 Å². The van der Waals surface area contributed by atoms with Gasteiger partial charge in [-0.15, -0.1) is 10.2 Å². The number of phenols is 1. The van der Waals surface area contributed by atoms with Crippen LogP contribution in [0.3, 0.4) is 0 Å². The molecule has 25 heteroatoms. The second-order valence-corrected chi connectivity index (χ2v) is 16.3. The second-order valence-electron chi connectivity index (χ2n) is 13.6. The summed E-state index contributed by atoms with van der Waals surface area (Å²) >= 11 is 0. The van der Waals surface area contributed by atoms with Gasteiger partial charge in [0.1, 0.15) is 26.5 Å². The number of anilines is 2. The molecule has 0 saturated carbocycles. The van der Waals surface area contributed by atoms with Crippen molar-refractivity contribution in [1.29, 1.82) is 0 Å². The van der Waals surface area contributed by atoms with Crippen LogP contribution in [0.5, 0.6) is 23.0 Å². The van der Waals surface area contributed by atoms with Crippen LogP contribution in [0, 0.1) is 20.2 Å². The van der Waals surface area contributed by atoms with Crippen molar-refractivity contribution in [3.63, 3.8) is 0 Å². The van der Waals surface area contributed by atoms with Gasteiger partial charge in [-0.3, -0.25) is 24.8 Å². The number of benzene rings is 8. The largest absolute Gasteiger partial charge is 3.00 e. The van der Waals surface area contributed by atoms with Crippen molar-refractivity contribution in [3.05, 3.63) is 154 Å². The monoisotopic (exact) mass is 990 g/mol. The molecule has 0 aliphatic rings. The first-order valence-electron chi connectivity index (χ1n) is 18.2. The predicted octanol–water partition coefficient (Wildman–Crippen LogP) is 5.30. The molecule has 0 spiro atoms. The Morgan fingerprint density at radius 3 is 1.81 bits per heavy atom. The van der Waals surface area contributed by atoms with Gasteiger partial charge in [-0.25, -0.2) is 8.42 Å². The summed E-state index contributed by atoms with van der Waals surface area (Å²) in [5.41, 5.74) is -1.10. The third-order valence-corrected chi connectivity index (χ3v) is 11.2. The van der Waals surface area contributed by atoms with Gasteiger partial charge in [-0.1, -0.05) is 84.0 Å². The minimum Gasteiger partial charge on any atom is -0.871 e. The van der Waals surface area contributed by atoms with Gasteiger partial charge in [0.05, 0.1) is 31.8 Å². The predicted molar refractivity (Wildman–Crippen MR) is 227 cm³/mol. The third kappa shape index (κ3) is 11.3. The van der Waals surface area contributed by atoms with Crippen molar-refractivity contribution in [1.82, 2.24) is 0 Å². The first kappa shape index (κ1) is 50.9. The quantitative estimate of drug-likeness (QED) is 0.0514. The summed E-state index contributed by atoms with van der Waals surface area (Å²) in [4.78, 5) is 18.9. The Morgan fingerprint density at radius 1 is 0.537 bits per heavy atom. The molecular formula is C42H25CrN7NaO14S2. The van der Waals surface area contributed by atoms with E-state index in [1.807, 2.05) is 18.2 Å². The number of nitrogens with one attached hydrogen (secondary N) is 1. The minimum absolute atomic E-state index is 0. The summed E-state index contributed by atoms with van der Waals surface area (Å²) in [5.74, 6) is -2.72. The standard InChI is InChI=1S/C22H16N4O7S.C20H13N3O7S.Cr.Na/c27-19-9-7-16(26(29)30)12-18(19)24-25-21-20(34(31,32)33)11-13-10-15(6-8-17(13)22(21)28)23-14-4-2-1-3-5-14;24-16-8-5-11-3-1-2-4-13(11)19(16)21-22-20-14-7-6-12(23(26)27)9-15(14)18(10-17(20)25)31(28,29)30;;/h1-12,23,27-28H,(H,31,32,33);1-10,24-25H,(H,28,29,30);;/q;;+3;+1/p-4. The van der Waals surface area contributed by atoms with Crippen LogP contribution in [0.4, 0.5) is 45.5 Å². The molecular weight excluding hydrogens is 966 g/mol. The van der Waals surface area contributed by atoms with Crippen LogP contribution in [-0.4, -0.2) is 40.9 Å². The molecule has 1 radical (unpaired) electrons. The van der Waals surface area contributed by atoms with Gasteiger partial charge in [0.25, 0.3) is 21.5 Å². The SMILES string of the molecule is O=[N+]([O-])c1ccc([O-])c(N=Nc2c(S(=O)(=O)[O-])cc3cc(Nc4ccccc4)ccc3c2[O-])c1.O=[N+]([O-])c1ccc2c(N=Nc3c([O-])ccc4ccccc34)c(O)cc(S(=O)(=O)O)c2c1.[Cr+3].[Na+]. The van der Waals surface area contributed by atoms with E-state index in [4.69, 9.17) is 0 Å². The number of hydrogen-bond acceptors (Lipinski definition) is 18. The zero-order valence-electron chi connectivity index (χ0n) is 33.9. The first-order chi connectivity index (χ1) is 30.8. The number of hydrogen-bond donors (Lipinski definition) is 3. The molecule has 0 fully saturated rings. The molecule has 8 aromatic rings. The van der Waals surface area contributed by atoms with Crippen LogP contribution in [0.15, 0.2) is 164 Å². The first-order valence-corrected chi connectivity index (χ1v) is 21.1. The fourth-order valence-electron chi connectivity index (χ4n) is 6.41. The number of non-ortho nitro benzene ring substituents is 2. The van der Waals surface area contributed by atoms with Crippen LogP contribution in [0.2, 0.25) is 0 Å². The molecule has 0 aliphatic heterocycles. The average molecular weight is 991 g/mol. The van der Waals surface area contributed by atoms with Gasteiger partial charge in [0.2, 0.25) is 0 Å². The fraction of sp³-hybridized carbons (Fsp3) is 0. The van der Waals surface area contributed by atoms with E-state index < -0.39 is 85.6 Å². The van der Waals surface area contributed by atoms with E-state index >= 15 is 0 Å². The molecule has 0 atom stereocenters. The molecule has 0 heterocycles. The van der Waals surface area contributed by atoms with E-state index in [1.165, 1.54) is 24.3 Å². The zero-order valence-corrected chi connectivity index (χ0v) is 38.8. The molecule has 67 heavy (non-hydrogen) atoms. The molecule has 0 bridgehead atoms. The number of nitro benzene ring substituents is 2. The molecule has 0 aliphatic carbocycles. The van der Waals surface area contributed by atoms with Gasteiger partial charge in [-0.05, 0) is 52.6 Å². The van der Waals surface area contributed by atoms with Crippen LogP contribution >= 0.6 is 0 Å². The summed E-state index contributed by atoms with van der Waals surface area (Å²) in [6.45, 7) is 0. The summed E-state index contributed by atoms with van der Waals surface area (Å²) in [5, 5.41) is 88.9. The maximum Gasteiger partial charge on any atom is 3.00 e. The van der Waals surface area contributed by atoms with E-state index in [0.29, 0.717) is 11.1 Å². The number of para-hydroxylation sites is 1. The molecule has 0 amide bonds. The number of aromatic hydroxyl groups is 1. The molecule has 8 rings (SSSR count). The van der Waals surface area contributed by atoms with Gasteiger partial charge in [0.15, 0.2) is 0 Å². The molecule has 0 unspecified atom stereocenters. The van der Waals surface area contributed by atoms with Crippen molar-refractivity contribution in [2.45, 2.75) is 9.79 Å². The molecule has 331 valence electrons. The molecule has 0 aromatic heterocycles. The number of rotatable bonds is 10. The fourth-order valence-corrected chi connectivity index (χ4v) is 7.76. The van der Waals surface area contributed by atoms with Crippen LogP contribution in [0.25, 0.3) is 32.3 Å². The smallest absolute Gasteiger partial charge is 0.871 e. The van der Waals surface area contributed by atoms with Crippen molar-refractivity contribution in [2.75, 3.05) is 5.32 Å². The maximum absolute atomic E-state index is 13.0. The van der Waals surface area contributed by atoms with E-state index in [9.17, 15) is 66.6 Å². The van der Waals surface area contributed by atoms with Crippen molar-refractivity contribution >= 4 is 98.1 Å². The molecule has 3 N–H and O–H groups in total. The number of fused-ring (bicyclic) bond motifs is 3. The normalized spacial score (nSPS) is 11.5. The number of azo groups is 2. The zero-order chi connectivity index (χ0) is 46.8. The summed E-state index contributed by atoms with van der Waals surface area (Å²) in [6.07, 6.45) is 0. The van der Waals surface area contributed by atoms with Crippen molar-refractivity contribution in [3.8, 4) is 23.0 Å². The Kier molecular flexibility index (Phi) is 15.6. The van der Waals surface area contributed by atoms with E-state index in [-0.39, 0.29) is 79.8 Å². The molecule has 0 saturated heterocycles. The topological polar surface area (TPSA) is 349 Å². The summed E-state index contributed by atoms with van der Waals surface area (Å²) in [6, 6.07) is 31.1. The maximum atomic E-state index is 13.0. The third-order valence-electron chi connectivity index (χ3n) is 9.41. The Hall–Kier alpha value is -7.11. The Balaban J connectivity index is 0.000000244. The van der Waals surface area contributed by atoms with E-state index in [0.717, 1.165) is 53.5 Å². The molecule has 21 nitrogen and oxygen atoms in total. The number of nitro groups is 2. The van der Waals surface area contributed by atoms with E-state index in [2.05, 4.69) is 25.8 Å². The Bertz CT molecular complexity index is 3550. The van der Waals surface area contributed by atoms with Crippen LogP contribution in [0.1, 0.15) is 0 Å². The summed E-state index contributed by atoms with van der Waals surface area (Å²) < 4.78 is 68.6. The molecule has 8 aromatic carbocycles. The van der Waals surface area contributed by atoms with Gasteiger partial charge < -0.3 is 30.3 Å². The van der Waals surface area contributed by atoms with Crippen LogP contribution in [-0.2, 0) is 37.6 Å². The van der Waals surface area contributed by atoms with Gasteiger partial charge in [0, 0.05) is 57.9 Å². The van der Waals surface area contributed by atoms with E-state index in [1.54, 1.807) is 48.5 Å². The number of phenolic OH excluding ortho intramolecular Hbond substituents is 1. The summed E-state index contributed by atoms with van der Waals surface area (Å²) in [7, 11) is -9.98. The Labute approximate surface area is 410 Å². The average Bonchev–Trinajstić information content (AvgIpc) is 3.26. The van der Waals surface area contributed by atoms with Crippen LogP contribution < -0.4 is 50.2 Å². The van der Waals surface area contributed by atoms with Crippen molar-refractivity contribution in [2.24, 2.45) is 20.5 Å². The number of nitrogens with zero attached hydrogens (tertiary/aromatic N) is 6. The van der Waals surface area contributed by atoms with Gasteiger partial charge >= 0.3 is 46.9 Å². The minimum atomic E-state index is -5.17. The Morgan fingerprint density at radius 2 is 1.13 bits per heavy atom. The van der Waals surface area contributed by atoms with Crippen molar-refractivity contribution < 1.29 is 103 Å².